The first-order valence-electron chi connectivity index (χ1n) is 4.40. The van der Waals surface area contributed by atoms with Crippen molar-refractivity contribution in [3.05, 3.63) is 22.5 Å². The summed E-state index contributed by atoms with van der Waals surface area (Å²) in [6.45, 7) is 0. The summed E-state index contributed by atoms with van der Waals surface area (Å²) in [6.07, 6.45) is 4.17. The molecule has 0 radical (unpaired) electrons. The molecule has 3 aliphatic rings. The summed E-state index contributed by atoms with van der Waals surface area (Å²) in [6, 6.07) is 0. The molecule has 1 aliphatic carbocycles. The van der Waals surface area contributed by atoms with Crippen LogP contribution in [0.5, 0.6) is 0 Å². The molecule has 2 aliphatic heterocycles. The average molecular weight is 186 g/mol. The monoisotopic (exact) mass is 186 g/mol. The molecular formula is C10H6N2O2. The molecule has 0 saturated carbocycles. The maximum Gasteiger partial charge on any atom is 0.230 e. The number of allylic oxidation sites excluding steroid dienone is 2. The van der Waals surface area contributed by atoms with Crippen LogP contribution in [0.15, 0.2) is 32.5 Å². The van der Waals surface area contributed by atoms with Gasteiger partial charge in [-0.25, -0.2) is 0 Å². The largest absolute Gasteiger partial charge is 0.289 e. The Morgan fingerprint density at radius 3 is 1.86 bits per heavy atom. The number of ketones is 2. The summed E-state index contributed by atoms with van der Waals surface area (Å²) in [7, 11) is 0. The minimum Gasteiger partial charge on any atom is -0.289 e. The zero-order valence-corrected chi connectivity index (χ0v) is 7.28. The van der Waals surface area contributed by atoms with Gasteiger partial charge in [0, 0.05) is 36.4 Å². The van der Waals surface area contributed by atoms with Gasteiger partial charge < -0.3 is 0 Å². The Bertz CT molecular complexity index is 450. The van der Waals surface area contributed by atoms with Gasteiger partial charge in [-0.05, 0) is 0 Å². The number of carbonyl (C=O) groups excluding carboxylic acids is 2. The summed E-state index contributed by atoms with van der Waals surface area (Å²) >= 11 is 0. The van der Waals surface area contributed by atoms with Crippen molar-refractivity contribution in [2.75, 3.05) is 0 Å². The fraction of sp³-hybridized carbons (Fsp3) is 0.200. The van der Waals surface area contributed by atoms with Crippen molar-refractivity contribution in [2.24, 2.45) is 9.98 Å². The van der Waals surface area contributed by atoms with E-state index < -0.39 is 0 Å². The molecule has 4 nitrogen and oxygen atoms in total. The summed E-state index contributed by atoms with van der Waals surface area (Å²) in [5, 5.41) is 0. The van der Waals surface area contributed by atoms with Crippen molar-refractivity contribution in [2.45, 2.75) is 12.8 Å². The van der Waals surface area contributed by atoms with Gasteiger partial charge in [-0.15, -0.1) is 0 Å². The number of carbonyl (C=O) groups is 2. The second-order valence-corrected chi connectivity index (χ2v) is 3.34. The van der Waals surface area contributed by atoms with Crippen molar-refractivity contribution in [3.63, 3.8) is 0 Å². The first kappa shape index (κ1) is 7.55. The second kappa shape index (κ2) is 2.35. The molecule has 2 heterocycles. The third kappa shape index (κ3) is 0.731. The zero-order chi connectivity index (χ0) is 9.71. The molecule has 0 saturated heterocycles. The second-order valence-electron chi connectivity index (χ2n) is 3.34. The number of hydrogen-bond donors (Lipinski definition) is 0. The molecule has 0 unspecified atom stereocenters. The number of hydrogen-bond acceptors (Lipinski definition) is 4. The third-order valence-corrected chi connectivity index (χ3v) is 2.58. The van der Waals surface area contributed by atoms with Crippen LogP contribution in [-0.4, -0.2) is 24.0 Å². The van der Waals surface area contributed by atoms with Crippen LogP contribution in [0, 0.1) is 0 Å². The van der Waals surface area contributed by atoms with E-state index in [2.05, 4.69) is 9.98 Å². The fourth-order valence-corrected chi connectivity index (χ4v) is 1.89. The topological polar surface area (TPSA) is 58.9 Å². The third-order valence-electron chi connectivity index (χ3n) is 2.58. The van der Waals surface area contributed by atoms with Gasteiger partial charge in [0.15, 0.2) is 5.78 Å². The average Bonchev–Trinajstić information content (AvgIpc) is 2.82. The van der Waals surface area contributed by atoms with Crippen LogP contribution in [0.25, 0.3) is 0 Å². The van der Waals surface area contributed by atoms with Crippen LogP contribution in [0.2, 0.25) is 0 Å². The van der Waals surface area contributed by atoms with Crippen molar-refractivity contribution < 1.29 is 9.59 Å². The molecule has 0 fully saturated rings. The van der Waals surface area contributed by atoms with Crippen LogP contribution in [-0.2, 0) is 9.59 Å². The van der Waals surface area contributed by atoms with E-state index in [0.717, 1.165) is 0 Å². The molecule has 68 valence electrons. The van der Waals surface area contributed by atoms with E-state index in [1.54, 1.807) is 12.4 Å². The Balaban J connectivity index is 2.20. The lowest BCUT2D eigenvalue weighted by Gasteiger charge is -2.11. The summed E-state index contributed by atoms with van der Waals surface area (Å²) in [5.74, 6) is -0.248. The predicted octanol–water partition coefficient (Wildman–Crippen LogP) is 0.595. The lowest BCUT2D eigenvalue weighted by atomic mass is 9.90. The molecule has 0 amide bonds. The molecule has 0 aromatic rings. The molecular weight excluding hydrogens is 180 g/mol. The van der Waals surface area contributed by atoms with Crippen LogP contribution in [0.3, 0.4) is 0 Å². The number of rotatable bonds is 0. The highest BCUT2D eigenvalue weighted by atomic mass is 16.1. The molecule has 0 spiro atoms. The molecule has 0 aromatic carbocycles. The Morgan fingerprint density at radius 2 is 1.36 bits per heavy atom. The number of nitrogens with zero attached hydrogens (tertiary/aromatic N) is 2. The van der Waals surface area contributed by atoms with E-state index in [0.29, 0.717) is 35.4 Å². The minimum absolute atomic E-state index is 0.0513. The van der Waals surface area contributed by atoms with Crippen molar-refractivity contribution in [1.82, 2.24) is 0 Å². The number of aliphatic imine (C=N–C) groups is 2. The van der Waals surface area contributed by atoms with E-state index >= 15 is 0 Å². The smallest absolute Gasteiger partial charge is 0.230 e. The highest BCUT2D eigenvalue weighted by Crippen LogP contribution is 2.33. The Hall–Kier alpha value is -1.84. The van der Waals surface area contributed by atoms with Gasteiger partial charge in [0.1, 0.15) is 11.4 Å². The van der Waals surface area contributed by atoms with E-state index in [4.69, 9.17) is 0 Å². The van der Waals surface area contributed by atoms with Gasteiger partial charge >= 0.3 is 0 Å². The van der Waals surface area contributed by atoms with E-state index in [1.807, 2.05) is 0 Å². The maximum atomic E-state index is 11.8. The summed E-state index contributed by atoms with van der Waals surface area (Å²) in [5.41, 5.74) is 1.68. The molecule has 0 atom stereocenters. The lowest BCUT2D eigenvalue weighted by molar-refractivity contribution is -0.116. The van der Waals surface area contributed by atoms with Crippen LogP contribution < -0.4 is 0 Å². The molecule has 0 N–H and O–H groups in total. The zero-order valence-electron chi connectivity index (χ0n) is 7.28. The number of Topliss-reactive ketones (excluding diaryl/α,β-unsaturated/α-hetero) is 2. The van der Waals surface area contributed by atoms with Crippen molar-refractivity contribution >= 4 is 24.0 Å². The van der Waals surface area contributed by atoms with Crippen LogP contribution in [0.4, 0.5) is 0 Å². The van der Waals surface area contributed by atoms with E-state index in [9.17, 15) is 9.59 Å². The van der Waals surface area contributed by atoms with Crippen molar-refractivity contribution in [1.29, 1.82) is 0 Å². The summed E-state index contributed by atoms with van der Waals surface area (Å²) < 4.78 is 0. The van der Waals surface area contributed by atoms with Crippen LogP contribution >= 0.6 is 0 Å². The minimum atomic E-state index is -0.197. The summed E-state index contributed by atoms with van der Waals surface area (Å²) in [4.78, 5) is 31.4. The van der Waals surface area contributed by atoms with Gasteiger partial charge in [-0.2, -0.15) is 0 Å². The van der Waals surface area contributed by atoms with Gasteiger partial charge in [0.25, 0.3) is 0 Å². The van der Waals surface area contributed by atoms with E-state index in [1.165, 1.54) is 0 Å². The molecule has 3 rings (SSSR count). The Labute approximate surface area is 79.7 Å². The lowest BCUT2D eigenvalue weighted by Crippen LogP contribution is -2.19. The molecule has 0 bridgehead atoms. The van der Waals surface area contributed by atoms with Gasteiger partial charge in [0.2, 0.25) is 5.78 Å². The normalized spacial score (nSPS) is 23.7. The van der Waals surface area contributed by atoms with Gasteiger partial charge in [-0.3, -0.25) is 19.6 Å². The standard InChI is InChI=1S/C10H6N2O2/c13-9-5-1-3-11-7(5)10(14)8-6(9)2-4-12-8/h3-4H,1-2H2. The quantitative estimate of drug-likeness (QED) is 0.520. The van der Waals surface area contributed by atoms with Crippen molar-refractivity contribution in [3.8, 4) is 0 Å². The Kier molecular flexibility index (Phi) is 1.27. The van der Waals surface area contributed by atoms with Gasteiger partial charge in [-0.1, -0.05) is 0 Å². The maximum absolute atomic E-state index is 11.8. The first-order valence-corrected chi connectivity index (χ1v) is 4.40. The Morgan fingerprint density at radius 1 is 0.857 bits per heavy atom. The predicted molar refractivity (Wildman–Crippen MR) is 50.3 cm³/mol. The molecule has 14 heavy (non-hydrogen) atoms. The fourth-order valence-electron chi connectivity index (χ4n) is 1.89. The SMILES string of the molecule is O=C1C2=C(N=CC2)C(=O)C2=C1CC=N2. The molecule has 0 aromatic heterocycles. The first-order chi connectivity index (χ1) is 6.79. The highest BCUT2D eigenvalue weighted by molar-refractivity contribution is 6.28. The van der Waals surface area contributed by atoms with Gasteiger partial charge in [0.05, 0.1) is 0 Å². The van der Waals surface area contributed by atoms with E-state index in [-0.39, 0.29) is 11.6 Å². The highest BCUT2D eigenvalue weighted by Gasteiger charge is 2.36. The molecule has 4 heteroatoms. The van der Waals surface area contributed by atoms with Crippen LogP contribution in [0.1, 0.15) is 12.8 Å².